The third kappa shape index (κ3) is 27.7. The second-order valence-electron chi connectivity index (χ2n) is 33.4. The minimum absolute atomic E-state index is 0.0115. The van der Waals surface area contributed by atoms with Crippen LogP contribution in [0.5, 0.6) is 0 Å². The van der Waals surface area contributed by atoms with Crippen molar-refractivity contribution in [3.8, 4) is 0 Å². The van der Waals surface area contributed by atoms with Crippen molar-refractivity contribution in [1.29, 1.82) is 0 Å². The molecule has 1 aromatic carbocycles. The Kier molecular flexibility index (Phi) is 41.1. The second-order valence-corrected chi connectivity index (χ2v) is 33.4. The van der Waals surface area contributed by atoms with Gasteiger partial charge in [0.25, 0.3) is 34.1 Å². The van der Waals surface area contributed by atoms with E-state index in [0.717, 1.165) is 131 Å². The van der Waals surface area contributed by atoms with Crippen LogP contribution >= 0.6 is 0 Å². The maximum absolute atomic E-state index is 13.9. The average molecular weight is 1410 g/mol. The Morgan fingerprint density at radius 2 is 0.471 bits per heavy atom. The lowest BCUT2D eigenvalue weighted by Gasteiger charge is -2.44. The topological polar surface area (TPSA) is 153 Å². The van der Waals surface area contributed by atoms with E-state index in [4.69, 9.17) is 0 Å². The molecular weight excluding hydrogens is 1270 g/mol. The first kappa shape index (κ1) is 84.8. The van der Waals surface area contributed by atoms with Gasteiger partial charge in [0.2, 0.25) is 11.8 Å². The van der Waals surface area contributed by atoms with Gasteiger partial charge in [-0.05, 0) is 137 Å². The highest BCUT2D eigenvalue weighted by molar-refractivity contribution is 6.12. The van der Waals surface area contributed by atoms with Crippen LogP contribution in [0, 0.1) is 47.3 Å². The molecule has 102 heavy (non-hydrogen) atoms. The fourth-order valence-electron chi connectivity index (χ4n) is 19.8. The Balaban J connectivity index is 0.842. The zero-order chi connectivity index (χ0) is 72.5. The lowest BCUT2D eigenvalue weighted by atomic mass is 9.61. The molecule has 0 radical (unpaired) electrons. The van der Waals surface area contributed by atoms with E-state index in [1.54, 1.807) is 12.1 Å². The predicted molar refractivity (Wildman–Crippen MR) is 426 cm³/mol. The summed E-state index contributed by atoms with van der Waals surface area (Å²) in [6.07, 6.45) is 74.1. The number of likely N-dealkylation sites (tertiary alicyclic amines) is 1. The molecule has 7 rings (SSSR count). The van der Waals surface area contributed by atoms with Crippen LogP contribution in [0.25, 0.3) is 21.5 Å². The van der Waals surface area contributed by atoms with E-state index in [1.807, 2.05) is 0 Å². The Bertz CT molecular complexity index is 3000. The number of benzene rings is 1. The van der Waals surface area contributed by atoms with Gasteiger partial charge in [-0.2, -0.15) is 0 Å². The zero-order valence-electron chi connectivity index (χ0n) is 65.8. The third-order valence-electron chi connectivity index (χ3n) is 25.8. The maximum Gasteiger partial charge on any atom is 0.261 e. The Labute approximate surface area is 619 Å². The van der Waals surface area contributed by atoms with Crippen molar-refractivity contribution in [2.24, 2.45) is 47.3 Å². The number of imide groups is 2. The molecule has 2 aromatic heterocycles. The summed E-state index contributed by atoms with van der Waals surface area (Å²) in [7, 11) is 0. The number of fused-ring (bicyclic) bond motifs is 2. The summed E-state index contributed by atoms with van der Waals surface area (Å²) >= 11 is 0. The minimum atomic E-state index is -0.345. The number of rotatable bonds is 60. The molecule has 3 aromatic rings. The van der Waals surface area contributed by atoms with Gasteiger partial charge < -0.3 is 0 Å². The first-order valence-corrected chi connectivity index (χ1v) is 44.2. The first-order chi connectivity index (χ1) is 49.9. The SMILES string of the molecule is CCCCCCCCC1C(CCCCCC)CCC(CCCCCCCCn2c(=O)c3cc4c(=O)n(CCCCCCCCC5C(CCCCCCCCN6C(=O)C=CC6=O)CCC(CCCCCC)C5CCCCCCCC)c(=O)c4cc3c2=O)C1CCCCCCCCN1C(=O)CCC1=O. The van der Waals surface area contributed by atoms with Crippen LogP contribution in [0.15, 0.2) is 43.5 Å². The van der Waals surface area contributed by atoms with Crippen LogP contribution in [0.2, 0.25) is 0 Å². The molecule has 0 bridgehead atoms. The first-order valence-electron chi connectivity index (χ1n) is 44.2. The Hall–Kier alpha value is -4.48. The summed E-state index contributed by atoms with van der Waals surface area (Å²) in [6, 6.07) is 3.08. The molecule has 12 nitrogen and oxygen atoms in total. The molecule has 4 aliphatic rings. The number of hydrogen-bond donors (Lipinski definition) is 0. The molecule has 576 valence electrons. The molecule has 8 unspecified atom stereocenters. The molecule has 8 atom stereocenters. The quantitative estimate of drug-likeness (QED) is 0.0400. The van der Waals surface area contributed by atoms with Crippen molar-refractivity contribution in [3.05, 3.63) is 65.7 Å². The van der Waals surface area contributed by atoms with Crippen LogP contribution in [0.3, 0.4) is 0 Å². The molecule has 0 spiro atoms. The summed E-state index contributed by atoms with van der Waals surface area (Å²) < 4.78 is 2.70. The van der Waals surface area contributed by atoms with E-state index in [0.29, 0.717) is 39.0 Å². The number of carbonyl (C=O) groups excluding carboxylic acids is 4. The Morgan fingerprint density at radius 1 is 0.255 bits per heavy atom. The van der Waals surface area contributed by atoms with Gasteiger partial charge >= 0.3 is 0 Å². The molecule has 4 heterocycles. The second kappa shape index (κ2) is 49.4. The largest absolute Gasteiger partial charge is 0.283 e. The maximum atomic E-state index is 13.9. The molecular formula is C90H148N4O8. The molecule has 2 aliphatic carbocycles. The van der Waals surface area contributed by atoms with Gasteiger partial charge in [-0.15, -0.1) is 0 Å². The van der Waals surface area contributed by atoms with Gasteiger partial charge in [0, 0.05) is 51.2 Å². The normalized spacial score (nSPS) is 21.1. The highest BCUT2D eigenvalue weighted by Gasteiger charge is 2.40. The van der Waals surface area contributed by atoms with Crippen LogP contribution < -0.4 is 22.2 Å². The molecule has 12 heteroatoms. The van der Waals surface area contributed by atoms with Gasteiger partial charge in [-0.25, -0.2) is 0 Å². The van der Waals surface area contributed by atoms with Gasteiger partial charge in [0.05, 0.1) is 21.5 Å². The summed E-state index contributed by atoms with van der Waals surface area (Å²) in [4.78, 5) is 107. The van der Waals surface area contributed by atoms with Crippen molar-refractivity contribution in [2.75, 3.05) is 13.1 Å². The van der Waals surface area contributed by atoms with Crippen LogP contribution in [-0.2, 0) is 32.3 Å². The Morgan fingerprint density at radius 3 is 0.745 bits per heavy atom. The molecule has 2 saturated carbocycles. The van der Waals surface area contributed by atoms with Crippen molar-refractivity contribution in [2.45, 2.75) is 413 Å². The molecule has 2 aliphatic heterocycles. The summed E-state index contributed by atoms with van der Waals surface area (Å²) in [5.41, 5.74) is -1.38. The average Bonchev–Trinajstić information content (AvgIpc) is 1.59. The third-order valence-corrected chi connectivity index (χ3v) is 25.8. The lowest BCUT2D eigenvalue weighted by molar-refractivity contribution is -0.139. The van der Waals surface area contributed by atoms with E-state index in [-0.39, 0.29) is 67.4 Å². The van der Waals surface area contributed by atoms with Crippen molar-refractivity contribution < 1.29 is 19.2 Å². The number of nitrogens with zero attached hydrogens (tertiary/aromatic N) is 4. The van der Waals surface area contributed by atoms with Gasteiger partial charge in [-0.1, -0.05) is 310 Å². The van der Waals surface area contributed by atoms with Crippen molar-refractivity contribution in [3.63, 3.8) is 0 Å². The van der Waals surface area contributed by atoms with E-state index < -0.39 is 0 Å². The number of amides is 4. The molecule has 4 amide bonds. The van der Waals surface area contributed by atoms with Crippen LogP contribution in [0.1, 0.15) is 400 Å². The molecule has 0 N–H and O–H groups in total. The summed E-state index contributed by atoms with van der Waals surface area (Å²) in [5, 5.41) is 1.03. The van der Waals surface area contributed by atoms with E-state index in [9.17, 15) is 38.4 Å². The minimum Gasteiger partial charge on any atom is -0.283 e. The zero-order valence-corrected chi connectivity index (χ0v) is 65.8. The predicted octanol–water partition coefficient (Wildman–Crippen LogP) is 22.9. The fraction of sp³-hybridized carbons (Fsp3) is 0.822. The van der Waals surface area contributed by atoms with Gasteiger partial charge in [0.1, 0.15) is 0 Å². The van der Waals surface area contributed by atoms with Crippen LogP contribution in [-0.4, -0.2) is 55.7 Å². The lowest BCUT2D eigenvalue weighted by Crippen LogP contribution is -2.35. The number of aromatic nitrogens is 2. The van der Waals surface area contributed by atoms with Gasteiger partial charge in [-0.3, -0.25) is 57.3 Å². The highest BCUT2D eigenvalue weighted by Crippen LogP contribution is 2.50. The van der Waals surface area contributed by atoms with E-state index in [2.05, 4.69) is 27.7 Å². The summed E-state index contributed by atoms with van der Waals surface area (Å²) in [6.45, 7) is 11.1. The molecule has 1 saturated heterocycles. The van der Waals surface area contributed by atoms with Gasteiger partial charge in [0.15, 0.2) is 0 Å². The van der Waals surface area contributed by atoms with Crippen molar-refractivity contribution >= 4 is 45.2 Å². The smallest absolute Gasteiger partial charge is 0.261 e. The summed E-state index contributed by atoms with van der Waals surface area (Å²) in [5.74, 6) is 6.41. The monoisotopic (exact) mass is 1410 g/mol. The fourth-order valence-corrected chi connectivity index (χ4v) is 19.8. The number of carbonyl (C=O) groups is 4. The standard InChI is InChI=1S/C90H148N4O8/c1-5-9-13-17-29-41-53-75-71(49-37-15-11-7-3)58-60-74(77(75)55-43-31-21-25-34-46-66-92-85(97)63-64-86(92)98)52-40-28-20-24-35-47-67-93-87(99)79-69-81-82(70-80(79)88(93)100)90(102)94(89(81)101)68-48-36-26-22-32-44-56-78-73(51-39-27-19-23-33-45-65-91-83(95)61-62-84(91)96)59-57-72(50-38-16-12-8-4)76(78)54-42-30-18-14-10-6-2/h61-62,69-78H,5-60,63-68H2,1-4H3. The van der Waals surface area contributed by atoms with E-state index in [1.165, 1.54) is 307 Å². The van der Waals surface area contributed by atoms with Crippen molar-refractivity contribution in [1.82, 2.24) is 18.9 Å². The van der Waals surface area contributed by atoms with E-state index >= 15 is 0 Å². The number of unbranched alkanes of at least 4 members (excludes halogenated alkanes) is 36. The molecule has 3 fully saturated rings. The van der Waals surface area contributed by atoms with Crippen LogP contribution in [0.4, 0.5) is 0 Å². The highest BCUT2D eigenvalue weighted by atomic mass is 16.2. The number of hydrogen-bond acceptors (Lipinski definition) is 8.